The second-order valence-corrected chi connectivity index (χ2v) is 9.74. The number of rotatable bonds is 4. The predicted octanol–water partition coefficient (Wildman–Crippen LogP) is 4.92. The van der Waals surface area contributed by atoms with E-state index in [0.717, 1.165) is 32.1 Å². The van der Waals surface area contributed by atoms with Crippen LogP contribution in [0.3, 0.4) is 0 Å². The standard InChI is InChI=1S/C21H36O4/c1-13(2)15-6-7-16-18-17(25-24-5)12-14(3)8-9-20(18,4)10-11-21(15,16)19(22)23/h13-18H,6-12H2,1-5H3,(H,22,23)/t14?,15-,16?,17-,18-,20-,21+/m1/s1. The highest BCUT2D eigenvalue weighted by atomic mass is 17.2. The lowest BCUT2D eigenvalue weighted by Crippen LogP contribution is -2.55. The molecule has 3 fully saturated rings. The number of carboxylic acid groups (broad SMARTS) is 1. The number of aliphatic carboxylic acids is 1. The molecule has 4 nitrogen and oxygen atoms in total. The molecule has 3 aliphatic rings. The van der Waals surface area contributed by atoms with Gasteiger partial charge in [-0.15, -0.1) is 0 Å². The minimum absolute atomic E-state index is 0.0161. The molecule has 0 aromatic heterocycles. The van der Waals surface area contributed by atoms with Crippen LogP contribution >= 0.6 is 0 Å². The molecular formula is C21H36O4. The van der Waals surface area contributed by atoms with Gasteiger partial charge in [0, 0.05) is 0 Å². The summed E-state index contributed by atoms with van der Waals surface area (Å²) >= 11 is 0. The first kappa shape index (κ1) is 19.2. The zero-order valence-electron chi connectivity index (χ0n) is 16.6. The molecule has 0 aromatic rings. The summed E-state index contributed by atoms with van der Waals surface area (Å²) < 4.78 is 0. The first-order valence-electron chi connectivity index (χ1n) is 10.2. The SMILES string of the molecule is COO[C@@H]1CC(C)CC[C@]2(C)CC[C@@]3(C(=O)O)C(CC[C@@H]3C(C)C)[C@H]12. The summed E-state index contributed by atoms with van der Waals surface area (Å²) in [6.07, 6.45) is 7.27. The van der Waals surface area contributed by atoms with Gasteiger partial charge in [-0.3, -0.25) is 4.79 Å². The Balaban J connectivity index is 2.04. The molecule has 0 amide bonds. The third-order valence-electron chi connectivity index (χ3n) is 8.13. The maximum Gasteiger partial charge on any atom is 0.310 e. The van der Waals surface area contributed by atoms with E-state index in [0.29, 0.717) is 11.8 Å². The van der Waals surface area contributed by atoms with Gasteiger partial charge in [-0.2, -0.15) is 0 Å². The van der Waals surface area contributed by atoms with E-state index >= 15 is 0 Å². The number of carboxylic acids is 1. The van der Waals surface area contributed by atoms with Crippen LogP contribution in [-0.4, -0.2) is 24.3 Å². The third-order valence-corrected chi connectivity index (χ3v) is 8.13. The lowest BCUT2D eigenvalue weighted by molar-refractivity contribution is -0.331. The molecule has 3 rings (SSSR count). The largest absolute Gasteiger partial charge is 0.481 e. The maximum atomic E-state index is 12.6. The highest BCUT2D eigenvalue weighted by molar-refractivity contribution is 5.76. The fourth-order valence-electron chi connectivity index (χ4n) is 6.98. The molecule has 0 radical (unpaired) electrons. The molecule has 0 saturated heterocycles. The number of hydrogen-bond donors (Lipinski definition) is 1. The molecule has 3 aliphatic carbocycles. The van der Waals surface area contributed by atoms with Crippen LogP contribution in [0.5, 0.6) is 0 Å². The van der Waals surface area contributed by atoms with Gasteiger partial charge < -0.3 is 5.11 Å². The smallest absolute Gasteiger partial charge is 0.310 e. The monoisotopic (exact) mass is 352 g/mol. The van der Waals surface area contributed by atoms with Gasteiger partial charge in [-0.25, -0.2) is 9.78 Å². The van der Waals surface area contributed by atoms with Crippen molar-refractivity contribution in [1.29, 1.82) is 0 Å². The van der Waals surface area contributed by atoms with Crippen molar-refractivity contribution >= 4 is 5.97 Å². The van der Waals surface area contributed by atoms with Crippen LogP contribution in [0.4, 0.5) is 0 Å². The average molecular weight is 353 g/mol. The fraction of sp³-hybridized carbons (Fsp3) is 0.952. The van der Waals surface area contributed by atoms with E-state index in [1.54, 1.807) is 7.11 Å². The Morgan fingerprint density at radius 2 is 1.88 bits per heavy atom. The number of carbonyl (C=O) groups is 1. The Morgan fingerprint density at radius 1 is 1.16 bits per heavy atom. The lowest BCUT2D eigenvalue weighted by Gasteiger charge is -2.54. The Hall–Kier alpha value is -0.610. The van der Waals surface area contributed by atoms with Gasteiger partial charge in [-0.05, 0) is 73.5 Å². The minimum Gasteiger partial charge on any atom is -0.481 e. The molecule has 7 atom stereocenters. The molecule has 25 heavy (non-hydrogen) atoms. The van der Waals surface area contributed by atoms with Gasteiger partial charge in [0.1, 0.15) is 0 Å². The van der Waals surface area contributed by atoms with Gasteiger partial charge in [-0.1, -0.05) is 34.1 Å². The molecule has 0 aromatic carbocycles. The van der Waals surface area contributed by atoms with Crippen molar-refractivity contribution < 1.29 is 19.7 Å². The summed E-state index contributed by atoms with van der Waals surface area (Å²) in [5.41, 5.74) is -0.398. The van der Waals surface area contributed by atoms with E-state index in [-0.39, 0.29) is 29.3 Å². The van der Waals surface area contributed by atoms with Crippen molar-refractivity contribution in [2.75, 3.05) is 7.11 Å². The van der Waals surface area contributed by atoms with Gasteiger partial charge in [0.2, 0.25) is 0 Å². The fourth-order valence-corrected chi connectivity index (χ4v) is 6.98. The number of fused-ring (bicyclic) bond motifs is 3. The van der Waals surface area contributed by atoms with E-state index in [1.165, 1.54) is 12.8 Å². The summed E-state index contributed by atoms with van der Waals surface area (Å²) in [4.78, 5) is 23.5. The summed E-state index contributed by atoms with van der Waals surface area (Å²) in [7, 11) is 1.59. The van der Waals surface area contributed by atoms with Crippen LogP contribution in [0.25, 0.3) is 0 Å². The highest BCUT2D eigenvalue weighted by Gasteiger charge is 2.65. The Bertz CT molecular complexity index is 504. The van der Waals surface area contributed by atoms with Crippen molar-refractivity contribution in [2.24, 2.45) is 40.4 Å². The molecule has 0 spiro atoms. The summed E-state index contributed by atoms with van der Waals surface area (Å²) in [6, 6.07) is 0. The van der Waals surface area contributed by atoms with E-state index in [1.807, 2.05) is 0 Å². The third kappa shape index (κ3) is 2.93. The first-order valence-corrected chi connectivity index (χ1v) is 10.2. The second kappa shape index (κ2) is 6.84. The highest BCUT2D eigenvalue weighted by Crippen LogP contribution is 2.66. The molecule has 2 unspecified atom stereocenters. The van der Waals surface area contributed by atoms with Crippen molar-refractivity contribution in [3.8, 4) is 0 Å². The molecule has 3 saturated carbocycles. The maximum absolute atomic E-state index is 12.6. The topological polar surface area (TPSA) is 55.8 Å². The lowest BCUT2D eigenvalue weighted by atomic mass is 9.49. The molecule has 4 heteroatoms. The van der Waals surface area contributed by atoms with E-state index < -0.39 is 11.4 Å². The quantitative estimate of drug-likeness (QED) is 0.576. The van der Waals surface area contributed by atoms with Gasteiger partial charge in [0.05, 0.1) is 18.6 Å². The molecule has 1 N–H and O–H groups in total. The van der Waals surface area contributed by atoms with Crippen molar-refractivity contribution in [2.45, 2.75) is 78.7 Å². The van der Waals surface area contributed by atoms with Crippen molar-refractivity contribution in [3.05, 3.63) is 0 Å². The summed E-state index contributed by atoms with van der Waals surface area (Å²) in [5.74, 6) is 1.22. The molecule has 0 aliphatic heterocycles. The van der Waals surface area contributed by atoms with E-state index in [2.05, 4.69) is 27.7 Å². The Labute approximate surface area is 152 Å². The molecule has 0 bridgehead atoms. The molecule has 0 heterocycles. The molecule has 144 valence electrons. The average Bonchev–Trinajstić information content (AvgIpc) is 2.88. The van der Waals surface area contributed by atoms with Gasteiger partial charge >= 0.3 is 5.97 Å². The van der Waals surface area contributed by atoms with Gasteiger partial charge in [0.25, 0.3) is 0 Å². The van der Waals surface area contributed by atoms with Crippen LogP contribution in [0.2, 0.25) is 0 Å². The van der Waals surface area contributed by atoms with Crippen LogP contribution < -0.4 is 0 Å². The van der Waals surface area contributed by atoms with Crippen LogP contribution in [0, 0.1) is 40.4 Å². The van der Waals surface area contributed by atoms with E-state index in [9.17, 15) is 9.90 Å². The molecular weight excluding hydrogens is 316 g/mol. The Morgan fingerprint density at radius 3 is 2.48 bits per heavy atom. The predicted molar refractivity (Wildman–Crippen MR) is 96.8 cm³/mol. The summed E-state index contributed by atoms with van der Waals surface area (Å²) in [6.45, 7) is 9.08. The summed E-state index contributed by atoms with van der Waals surface area (Å²) in [5, 5.41) is 10.4. The van der Waals surface area contributed by atoms with Crippen LogP contribution in [0.1, 0.15) is 72.6 Å². The van der Waals surface area contributed by atoms with Crippen LogP contribution in [-0.2, 0) is 14.6 Å². The van der Waals surface area contributed by atoms with E-state index in [4.69, 9.17) is 9.78 Å². The zero-order valence-corrected chi connectivity index (χ0v) is 16.6. The van der Waals surface area contributed by atoms with Crippen LogP contribution in [0.15, 0.2) is 0 Å². The number of hydrogen-bond acceptors (Lipinski definition) is 3. The van der Waals surface area contributed by atoms with Crippen molar-refractivity contribution in [3.63, 3.8) is 0 Å². The Kier molecular flexibility index (Phi) is 5.25. The first-order chi connectivity index (χ1) is 11.8. The zero-order chi connectivity index (χ0) is 18.4. The minimum atomic E-state index is -0.568. The van der Waals surface area contributed by atoms with Crippen molar-refractivity contribution in [1.82, 2.24) is 0 Å². The normalized spacial score (nSPS) is 47.2. The van der Waals surface area contributed by atoms with Gasteiger partial charge in [0.15, 0.2) is 0 Å². The second-order valence-electron chi connectivity index (χ2n) is 9.74.